The first-order valence-electron chi connectivity index (χ1n) is 9.16. The molecule has 0 fully saturated rings. The van der Waals surface area contributed by atoms with Gasteiger partial charge in [-0.25, -0.2) is 0 Å². The Morgan fingerprint density at radius 2 is 1.83 bits per heavy atom. The van der Waals surface area contributed by atoms with E-state index in [4.69, 9.17) is 18.4 Å². The quantitative estimate of drug-likeness (QED) is 0.391. The van der Waals surface area contributed by atoms with Crippen molar-refractivity contribution in [1.29, 1.82) is 0 Å². The molecular weight excluding hydrogens is 404 g/mol. The maximum absolute atomic E-state index is 5.76. The average Bonchev–Trinajstić information content (AvgIpc) is 3.43. The van der Waals surface area contributed by atoms with Crippen LogP contribution in [0.25, 0.3) is 22.8 Å². The Balaban J connectivity index is 1.45. The third-order valence-electron chi connectivity index (χ3n) is 4.60. The monoisotopic (exact) mass is 424 g/mol. The molecule has 2 aromatic carbocycles. The summed E-state index contributed by atoms with van der Waals surface area (Å²) in [7, 11) is 3.18. The van der Waals surface area contributed by atoms with E-state index in [2.05, 4.69) is 34.2 Å². The van der Waals surface area contributed by atoms with Gasteiger partial charge in [-0.3, -0.25) is 0 Å². The third-order valence-corrected chi connectivity index (χ3v) is 5.40. The fourth-order valence-electron chi connectivity index (χ4n) is 2.79. The van der Waals surface area contributed by atoms with Gasteiger partial charge in [0.1, 0.15) is 11.5 Å². The highest BCUT2D eigenvalue weighted by molar-refractivity contribution is 7.98. The predicted octanol–water partition coefficient (Wildman–Crippen LogP) is 4.71. The van der Waals surface area contributed by atoms with Crippen LogP contribution in [-0.2, 0) is 5.75 Å². The summed E-state index contributed by atoms with van der Waals surface area (Å²) in [4.78, 5) is 4.44. The molecule has 4 aromatic rings. The first kappa shape index (κ1) is 20.0. The number of hydrogen-bond donors (Lipinski definition) is 0. The summed E-state index contributed by atoms with van der Waals surface area (Å²) in [6, 6.07) is 11.4. The van der Waals surface area contributed by atoms with Gasteiger partial charge in [-0.15, -0.1) is 10.2 Å². The highest BCUT2D eigenvalue weighted by atomic mass is 32.2. The van der Waals surface area contributed by atoms with Crippen molar-refractivity contribution in [2.45, 2.75) is 24.8 Å². The molecule has 0 N–H and O–H groups in total. The van der Waals surface area contributed by atoms with Gasteiger partial charge in [0.25, 0.3) is 5.22 Å². The van der Waals surface area contributed by atoms with E-state index in [0.29, 0.717) is 45.6 Å². The van der Waals surface area contributed by atoms with Crippen LogP contribution in [-0.4, -0.2) is 34.6 Å². The number of aromatic nitrogens is 4. The molecule has 30 heavy (non-hydrogen) atoms. The lowest BCUT2D eigenvalue weighted by molar-refractivity contribution is 0.387. The largest absolute Gasteiger partial charge is 0.497 e. The standard InChI is InChI=1S/C21H20N4O4S/c1-12-5-6-14(9-13(12)2)20-23-24-21(28-20)30-11-18-22-19(25-29-18)16-8-7-15(26-3)10-17(16)27-4/h5-10H,11H2,1-4H3. The first-order chi connectivity index (χ1) is 14.6. The highest BCUT2D eigenvalue weighted by Crippen LogP contribution is 2.32. The van der Waals surface area contributed by atoms with Gasteiger partial charge in [-0.2, -0.15) is 4.98 Å². The Morgan fingerprint density at radius 1 is 0.967 bits per heavy atom. The summed E-state index contributed by atoms with van der Waals surface area (Å²) < 4.78 is 21.7. The number of rotatable bonds is 7. The Morgan fingerprint density at radius 3 is 2.60 bits per heavy atom. The zero-order valence-corrected chi connectivity index (χ0v) is 17.8. The molecule has 0 spiro atoms. The van der Waals surface area contributed by atoms with Crippen LogP contribution in [0.1, 0.15) is 17.0 Å². The van der Waals surface area contributed by atoms with Gasteiger partial charge in [0.05, 0.1) is 25.5 Å². The van der Waals surface area contributed by atoms with E-state index >= 15 is 0 Å². The Labute approximate surface area is 177 Å². The van der Waals surface area contributed by atoms with Crippen molar-refractivity contribution < 1.29 is 18.4 Å². The van der Waals surface area contributed by atoms with Gasteiger partial charge in [0.15, 0.2) is 0 Å². The van der Waals surface area contributed by atoms with Crippen LogP contribution in [0.2, 0.25) is 0 Å². The number of aryl methyl sites for hydroxylation is 2. The van der Waals surface area contributed by atoms with Crippen LogP contribution in [0.15, 0.2) is 50.6 Å². The molecule has 2 aromatic heterocycles. The van der Waals surface area contributed by atoms with E-state index < -0.39 is 0 Å². The van der Waals surface area contributed by atoms with Crippen molar-refractivity contribution in [2.24, 2.45) is 0 Å². The number of hydrogen-bond acceptors (Lipinski definition) is 9. The average molecular weight is 424 g/mol. The van der Waals surface area contributed by atoms with E-state index in [0.717, 1.165) is 5.56 Å². The molecule has 4 rings (SSSR count). The zero-order valence-electron chi connectivity index (χ0n) is 17.0. The molecule has 154 valence electrons. The first-order valence-corrected chi connectivity index (χ1v) is 10.1. The second-order valence-electron chi connectivity index (χ2n) is 6.54. The second-order valence-corrected chi connectivity index (χ2v) is 7.47. The summed E-state index contributed by atoms with van der Waals surface area (Å²) in [6.45, 7) is 4.12. The molecule has 0 saturated heterocycles. The van der Waals surface area contributed by atoms with Gasteiger partial charge in [-0.05, 0) is 49.2 Å². The summed E-state index contributed by atoms with van der Waals surface area (Å²) in [6.07, 6.45) is 0. The number of methoxy groups -OCH3 is 2. The van der Waals surface area contributed by atoms with E-state index in [1.165, 1.54) is 22.9 Å². The van der Waals surface area contributed by atoms with Gasteiger partial charge in [0, 0.05) is 11.6 Å². The van der Waals surface area contributed by atoms with Crippen molar-refractivity contribution in [3.63, 3.8) is 0 Å². The summed E-state index contributed by atoms with van der Waals surface area (Å²) in [5, 5.41) is 12.7. The number of ether oxygens (including phenoxy) is 2. The van der Waals surface area contributed by atoms with Crippen LogP contribution in [0.5, 0.6) is 11.5 Å². The molecule has 0 bridgehead atoms. The maximum Gasteiger partial charge on any atom is 0.277 e. The highest BCUT2D eigenvalue weighted by Gasteiger charge is 2.16. The Hall–Kier alpha value is -3.33. The smallest absolute Gasteiger partial charge is 0.277 e. The normalized spacial score (nSPS) is 10.9. The lowest BCUT2D eigenvalue weighted by Crippen LogP contribution is -1.91. The van der Waals surface area contributed by atoms with Crippen molar-refractivity contribution in [1.82, 2.24) is 20.3 Å². The Kier molecular flexibility index (Phi) is 5.71. The summed E-state index contributed by atoms with van der Waals surface area (Å²) in [5.74, 6) is 3.05. The summed E-state index contributed by atoms with van der Waals surface area (Å²) in [5.41, 5.74) is 4.00. The van der Waals surface area contributed by atoms with E-state index in [1.807, 2.05) is 30.3 Å². The lowest BCUT2D eigenvalue weighted by atomic mass is 10.1. The fourth-order valence-corrected chi connectivity index (χ4v) is 3.39. The van der Waals surface area contributed by atoms with Gasteiger partial charge in [-0.1, -0.05) is 23.0 Å². The predicted molar refractivity (Wildman–Crippen MR) is 112 cm³/mol. The lowest BCUT2D eigenvalue weighted by Gasteiger charge is -2.07. The maximum atomic E-state index is 5.76. The minimum absolute atomic E-state index is 0.403. The molecular formula is C21H20N4O4S. The molecule has 8 nitrogen and oxygen atoms in total. The van der Waals surface area contributed by atoms with Crippen molar-refractivity contribution in [3.8, 4) is 34.3 Å². The van der Waals surface area contributed by atoms with Crippen molar-refractivity contribution >= 4 is 11.8 Å². The Bertz CT molecular complexity index is 1170. The second kappa shape index (κ2) is 8.58. The van der Waals surface area contributed by atoms with Crippen LogP contribution in [0.3, 0.4) is 0 Å². The van der Waals surface area contributed by atoms with Crippen LogP contribution >= 0.6 is 11.8 Å². The van der Waals surface area contributed by atoms with Crippen LogP contribution in [0, 0.1) is 13.8 Å². The van der Waals surface area contributed by atoms with Gasteiger partial charge < -0.3 is 18.4 Å². The van der Waals surface area contributed by atoms with Gasteiger partial charge >= 0.3 is 0 Å². The third kappa shape index (κ3) is 4.16. The molecule has 0 aliphatic rings. The fraction of sp³-hybridized carbons (Fsp3) is 0.238. The molecule has 0 atom stereocenters. The molecule has 2 heterocycles. The SMILES string of the molecule is COc1ccc(-c2noc(CSc3nnc(-c4ccc(C)c(C)c4)o3)n2)c(OC)c1. The minimum atomic E-state index is 0.403. The number of nitrogens with zero attached hydrogens (tertiary/aromatic N) is 4. The van der Waals surface area contributed by atoms with E-state index in [9.17, 15) is 0 Å². The molecule has 0 saturated carbocycles. The minimum Gasteiger partial charge on any atom is -0.497 e. The summed E-state index contributed by atoms with van der Waals surface area (Å²) >= 11 is 1.33. The van der Waals surface area contributed by atoms with Crippen molar-refractivity contribution in [3.05, 3.63) is 53.4 Å². The van der Waals surface area contributed by atoms with Crippen LogP contribution in [0.4, 0.5) is 0 Å². The molecule has 0 radical (unpaired) electrons. The molecule has 0 aliphatic carbocycles. The van der Waals surface area contributed by atoms with Crippen molar-refractivity contribution in [2.75, 3.05) is 14.2 Å². The molecule has 0 unspecified atom stereocenters. The zero-order chi connectivity index (χ0) is 21.1. The molecule has 9 heteroatoms. The molecule has 0 aliphatic heterocycles. The van der Waals surface area contributed by atoms with E-state index in [-0.39, 0.29) is 0 Å². The van der Waals surface area contributed by atoms with Crippen LogP contribution < -0.4 is 9.47 Å². The van der Waals surface area contributed by atoms with E-state index in [1.54, 1.807) is 20.3 Å². The number of benzene rings is 2. The van der Waals surface area contributed by atoms with Gasteiger partial charge in [0.2, 0.25) is 17.6 Å². The number of thioether (sulfide) groups is 1. The molecule has 0 amide bonds. The topological polar surface area (TPSA) is 96.3 Å².